The maximum absolute atomic E-state index is 5.70. The second-order valence-corrected chi connectivity index (χ2v) is 3.87. The topological polar surface area (TPSA) is 106 Å². The predicted molar refractivity (Wildman–Crippen MR) is 67.0 cm³/mol. The van der Waals surface area contributed by atoms with Gasteiger partial charge in [-0.1, -0.05) is 5.16 Å². The monoisotopic (exact) mass is 244 g/mol. The molecule has 0 aliphatic carbocycles. The van der Waals surface area contributed by atoms with E-state index in [2.05, 4.69) is 25.4 Å². The number of hydrogen-bond acceptors (Lipinski definition) is 6. The van der Waals surface area contributed by atoms with Crippen molar-refractivity contribution in [3.8, 4) is 0 Å². The molecule has 0 fully saturated rings. The van der Waals surface area contributed by atoms with Crippen LogP contribution in [-0.4, -0.2) is 26.7 Å². The Labute approximate surface area is 102 Å². The van der Waals surface area contributed by atoms with Gasteiger partial charge >= 0.3 is 0 Å². The van der Waals surface area contributed by atoms with E-state index in [1.165, 1.54) is 6.33 Å². The van der Waals surface area contributed by atoms with E-state index in [0.29, 0.717) is 30.5 Å². The molecule has 4 N–H and O–H groups in total. The van der Waals surface area contributed by atoms with E-state index in [1.807, 2.05) is 18.2 Å². The highest BCUT2D eigenvalue weighted by Crippen LogP contribution is 2.16. The summed E-state index contributed by atoms with van der Waals surface area (Å²) in [6, 6.07) is 5.56. The fraction of sp³-hybridized carbons (Fsp3) is 0.182. The normalized spacial score (nSPS) is 10.9. The summed E-state index contributed by atoms with van der Waals surface area (Å²) in [6.07, 6.45) is 2.04. The van der Waals surface area contributed by atoms with Crippen molar-refractivity contribution < 1.29 is 4.52 Å². The average molecular weight is 244 g/mol. The van der Waals surface area contributed by atoms with Gasteiger partial charge in [0, 0.05) is 18.7 Å². The molecule has 0 spiro atoms. The Hall–Kier alpha value is -2.57. The number of imidazole rings is 1. The maximum atomic E-state index is 5.70. The zero-order valence-corrected chi connectivity index (χ0v) is 9.55. The Balaban J connectivity index is 1.67. The summed E-state index contributed by atoms with van der Waals surface area (Å²) < 4.78 is 4.90. The lowest BCUT2D eigenvalue weighted by Crippen LogP contribution is -2.06. The van der Waals surface area contributed by atoms with Gasteiger partial charge in [0.25, 0.3) is 0 Å². The van der Waals surface area contributed by atoms with Gasteiger partial charge < -0.3 is 20.6 Å². The van der Waals surface area contributed by atoms with E-state index in [4.69, 9.17) is 10.3 Å². The van der Waals surface area contributed by atoms with Gasteiger partial charge in [0.05, 0.1) is 11.0 Å². The second-order valence-electron chi connectivity index (χ2n) is 3.87. The van der Waals surface area contributed by atoms with Crippen molar-refractivity contribution in [2.75, 3.05) is 17.6 Å². The number of H-pyrrole nitrogens is 1. The molecule has 0 bridgehead atoms. The minimum atomic E-state index is 0.600. The van der Waals surface area contributed by atoms with Crippen molar-refractivity contribution in [3.05, 3.63) is 30.4 Å². The van der Waals surface area contributed by atoms with Crippen LogP contribution < -0.4 is 11.1 Å². The highest BCUT2D eigenvalue weighted by molar-refractivity contribution is 5.80. The zero-order chi connectivity index (χ0) is 12.4. The van der Waals surface area contributed by atoms with Crippen molar-refractivity contribution in [1.29, 1.82) is 0 Å². The third-order valence-corrected chi connectivity index (χ3v) is 2.54. The first-order valence-electron chi connectivity index (χ1n) is 5.56. The van der Waals surface area contributed by atoms with E-state index in [1.54, 1.807) is 0 Å². The first-order valence-corrected chi connectivity index (χ1v) is 5.56. The number of nitrogens with two attached hydrogens (primary N) is 1. The molecular weight excluding hydrogens is 232 g/mol. The van der Waals surface area contributed by atoms with Crippen molar-refractivity contribution >= 4 is 22.7 Å². The first kappa shape index (κ1) is 10.6. The molecule has 1 aromatic carbocycles. The number of nitrogens with zero attached hydrogens (tertiary/aromatic N) is 3. The lowest BCUT2D eigenvalue weighted by Gasteiger charge is -1.98. The number of benzene rings is 1. The summed E-state index contributed by atoms with van der Waals surface area (Å²) in [5, 5.41) is 6.70. The molecule has 18 heavy (non-hydrogen) atoms. The lowest BCUT2D eigenvalue weighted by molar-refractivity contribution is 0.379. The molecule has 3 aromatic rings. The van der Waals surface area contributed by atoms with Gasteiger partial charge in [-0.05, 0) is 18.2 Å². The number of rotatable bonds is 4. The Morgan fingerprint density at radius 1 is 1.39 bits per heavy atom. The van der Waals surface area contributed by atoms with Crippen LogP contribution in [0.1, 0.15) is 5.89 Å². The summed E-state index contributed by atoms with van der Waals surface area (Å²) >= 11 is 0. The molecule has 0 aliphatic heterocycles. The van der Waals surface area contributed by atoms with Crippen LogP contribution in [0.2, 0.25) is 0 Å². The molecule has 92 valence electrons. The van der Waals surface area contributed by atoms with Crippen molar-refractivity contribution in [2.24, 2.45) is 0 Å². The van der Waals surface area contributed by atoms with Crippen LogP contribution in [0, 0.1) is 0 Å². The van der Waals surface area contributed by atoms with E-state index >= 15 is 0 Å². The number of fused-ring (bicyclic) bond motifs is 1. The number of aromatic amines is 1. The quantitative estimate of drug-likeness (QED) is 0.595. The molecule has 0 saturated carbocycles. The number of nitrogens with one attached hydrogen (secondary N) is 2. The van der Waals surface area contributed by atoms with Crippen LogP contribution >= 0.6 is 0 Å². The fourth-order valence-electron chi connectivity index (χ4n) is 1.70. The standard InChI is InChI=1S/C11H12N6O/c12-7-1-2-8-9(5-7)17-11(16-8)13-4-3-10-14-6-15-18-10/h1-2,5-6H,3-4,12H2,(H2,13,16,17). The molecular formula is C11H12N6O. The maximum Gasteiger partial charge on any atom is 0.228 e. The first-order chi connectivity index (χ1) is 8.81. The van der Waals surface area contributed by atoms with Crippen LogP contribution in [0.5, 0.6) is 0 Å². The Morgan fingerprint density at radius 3 is 3.17 bits per heavy atom. The molecule has 0 amide bonds. The van der Waals surface area contributed by atoms with Gasteiger partial charge in [0.1, 0.15) is 0 Å². The average Bonchev–Trinajstić information content (AvgIpc) is 2.97. The van der Waals surface area contributed by atoms with Gasteiger partial charge in [0.15, 0.2) is 6.33 Å². The third-order valence-electron chi connectivity index (χ3n) is 2.54. The van der Waals surface area contributed by atoms with Crippen LogP contribution in [-0.2, 0) is 6.42 Å². The van der Waals surface area contributed by atoms with Gasteiger partial charge in [-0.25, -0.2) is 4.98 Å². The Bertz CT molecular complexity index is 645. The van der Waals surface area contributed by atoms with Crippen molar-refractivity contribution in [3.63, 3.8) is 0 Å². The molecule has 2 aromatic heterocycles. The summed E-state index contributed by atoms with van der Waals surface area (Å²) in [4.78, 5) is 11.5. The van der Waals surface area contributed by atoms with Crippen LogP contribution in [0.25, 0.3) is 11.0 Å². The number of anilines is 2. The van der Waals surface area contributed by atoms with Crippen LogP contribution in [0.15, 0.2) is 29.0 Å². The Kier molecular flexibility index (Phi) is 2.56. The van der Waals surface area contributed by atoms with E-state index in [0.717, 1.165) is 11.0 Å². The number of hydrogen-bond donors (Lipinski definition) is 3. The summed E-state index contributed by atoms with van der Waals surface area (Å²) in [5.41, 5.74) is 8.20. The third kappa shape index (κ3) is 2.10. The largest absolute Gasteiger partial charge is 0.399 e. The van der Waals surface area contributed by atoms with Gasteiger partial charge in [-0.15, -0.1) is 0 Å². The molecule has 0 aliphatic rings. The molecule has 0 saturated heterocycles. The zero-order valence-electron chi connectivity index (χ0n) is 9.55. The van der Waals surface area contributed by atoms with E-state index in [-0.39, 0.29) is 0 Å². The highest BCUT2D eigenvalue weighted by atomic mass is 16.5. The van der Waals surface area contributed by atoms with E-state index < -0.39 is 0 Å². The molecule has 3 rings (SSSR count). The van der Waals surface area contributed by atoms with Gasteiger partial charge in [0.2, 0.25) is 11.8 Å². The smallest absolute Gasteiger partial charge is 0.228 e. The van der Waals surface area contributed by atoms with Gasteiger partial charge in [-0.2, -0.15) is 4.98 Å². The fourth-order valence-corrected chi connectivity index (χ4v) is 1.70. The minimum Gasteiger partial charge on any atom is -0.399 e. The molecule has 7 heteroatoms. The number of nitrogen functional groups attached to an aromatic ring is 1. The molecule has 2 heterocycles. The Morgan fingerprint density at radius 2 is 2.33 bits per heavy atom. The van der Waals surface area contributed by atoms with Crippen LogP contribution in [0.3, 0.4) is 0 Å². The summed E-state index contributed by atoms with van der Waals surface area (Å²) in [7, 11) is 0. The molecule has 0 radical (unpaired) electrons. The highest BCUT2D eigenvalue weighted by Gasteiger charge is 2.03. The molecule has 7 nitrogen and oxygen atoms in total. The van der Waals surface area contributed by atoms with Crippen molar-refractivity contribution in [2.45, 2.75) is 6.42 Å². The van der Waals surface area contributed by atoms with E-state index in [9.17, 15) is 0 Å². The lowest BCUT2D eigenvalue weighted by atomic mass is 10.3. The minimum absolute atomic E-state index is 0.600. The SMILES string of the molecule is Nc1ccc2nc(NCCc3ncno3)[nH]c2c1. The number of aromatic nitrogens is 4. The predicted octanol–water partition coefficient (Wildman–Crippen LogP) is 1.18. The molecule has 0 unspecified atom stereocenters. The van der Waals surface area contributed by atoms with Gasteiger partial charge in [-0.3, -0.25) is 0 Å². The second kappa shape index (κ2) is 4.36. The summed E-state index contributed by atoms with van der Waals surface area (Å²) in [5.74, 6) is 1.30. The summed E-state index contributed by atoms with van der Waals surface area (Å²) in [6.45, 7) is 0.664. The van der Waals surface area contributed by atoms with Crippen molar-refractivity contribution in [1.82, 2.24) is 20.1 Å². The molecule has 0 atom stereocenters. The van der Waals surface area contributed by atoms with Crippen LogP contribution in [0.4, 0.5) is 11.6 Å².